The van der Waals surface area contributed by atoms with Crippen LogP contribution >= 0.6 is 0 Å². The Morgan fingerprint density at radius 1 is 1.00 bits per heavy atom. The Bertz CT molecular complexity index is 989. The zero-order valence-electron chi connectivity index (χ0n) is 16.5. The molecule has 0 spiro atoms. The average Bonchev–Trinajstić information content (AvgIpc) is 3.11. The molecule has 4 rings (SSSR count). The molecule has 1 aromatic carbocycles. The number of carbonyl (C=O) groups excluding carboxylic acids is 1. The summed E-state index contributed by atoms with van der Waals surface area (Å²) in [6.07, 6.45) is 3.48. The number of aromatic nitrogens is 4. The third-order valence-electron chi connectivity index (χ3n) is 5.17. The summed E-state index contributed by atoms with van der Waals surface area (Å²) in [4.78, 5) is 25.5. The van der Waals surface area contributed by atoms with Gasteiger partial charge in [0, 0.05) is 51.2 Å². The van der Waals surface area contributed by atoms with E-state index in [1.54, 1.807) is 23.1 Å². The Balaban J connectivity index is 1.50. The van der Waals surface area contributed by atoms with Crippen molar-refractivity contribution in [3.8, 4) is 11.3 Å². The number of hydrogen-bond acceptors (Lipinski definition) is 5. The fourth-order valence-electron chi connectivity index (χ4n) is 3.56. The highest BCUT2D eigenvalue weighted by Gasteiger charge is 2.25. The highest BCUT2D eigenvalue weighted by atomic mass is 16.2. The molecule has 1 fully saturated rings. The minimum Gasteiger partial charge on any atom is -0.337 e. The average molecular weight is 376 g/mol. The third kappa shape index (κ3) is 3.47. The second kappa shape index (κ2) is 7.42. The van der Waals surface area contributed by atoms with Crippen LogP contribution in [-0.2, 0) is 7.05 Å². The molecule has 0 aliphatic carbocycles. The van der Waals surface area contributed by atoms with Gasteiger partial charge >= 0.3 is 0 Å². The van der Waals surface area contributed by atoms with Crippen LogP contribution in [0.5, 0.6) is 0 Å². The summed E-state index contributed by atoms with van der Waals surface area (Å²) in [6, 6.07) is 10.0. The molecule has 28 heavy (non-hydrogen) atoms. The van der Waals surface area contributed by atoms with Gasteiger partial charge in [0.05, 0.1) is 5.69 Å². The molecule has 7 nitrogen and oxygen atoms in total. The lowest BCUT2D eigenvalue weighted by Gasteiger charge is -2.34. The molecule has 0 bridgehead atoms. The van der Waals surface area contributed by atoms with Crippen molar-refractivity contribution in [2.24, 2.45) is 7.05 Å². The standard InChI is InChI=1S/C21H24N6O/c1-15-5-6-16(2)17(13-15)19-14-18(24-25(19)3)20(28)26-9-11-27(12-10-26)21-22-7-4-8-23-21/h4-8,13-14H,9-12H2,1-3H3. The molecule has 0 radical (unpaired) electrons. The summed E-state index contributed by atoms with van der Waals surface area (Å²) in [6.45, 7) is 6.84. The molecule has 1 saturated heterocycles. The lowest BCUT2D eigenvalue weighted by atomic mass is 10.0. The van der Waals surface area contributed by atoms with E-state index in [-0.39, 0.29) is 5.91 Å². The van der Waals surface area contributed by atoms with Gasteiger partial charge in [0.2, 0.25) is 5.95 Å². The SMILES string of the molecule is Cc1ccc(C)c(-c2cc(C(=O)N3CCN(c4ncccn4)CC3)nn2C)c1. The molecule has 144 valence electrons. The first kappa shape index (κ1) is 18.2. The highest BCUT2D eigenvalue weighted by Crippen LogP contribution is 2.25. The van der Waals surface area contributed by atoms with Crippen molar-refractivity contribution in [3.05, 3.63) is 59.5 Å². The summed E-state index contributed by atoms with van der Waals surface area (Å²) in [5.41, 5.74) is 4.92. The van der Waals surface area contributed by atoms with Crippen LogP contribution < -0.4 is 4.90 Å². The molecule has 0 atom stereocenters. The lowest BCUT2D eigenvalue weighted by molar-refractivity contribution is 0.0739. The first-order valence-corrected chi connectivity index (χ1v) is 9.46. The quantitative estimate of drug-likeness (QED) is 0.702. The van der Waals surface area contributed by atoms with Crippen LogP contribution in [0, 0.1) is 13.8 Å². The molecule has 0 unspecified atom stereocenters. The van der Waals surface area contributed by atoms with Gasteiger partial charge in [-0.1, -0.05) is 17.7 Å². The molecule has 0 saturated carbocycles. The molecule has 0 N–H and O–H groups in total. The molecule has 7 heteroatoms. The number of nitrogens with zero attached hydrogens (tertiary/aromatic N) is 6. The number of carbonyl (C=O) groups is 1. The maximum absolute atomic E-state index is 13.0. The van der Waals surface area contributed by atoms with Crippen LogP contribution in [0.3, 0.4) is 0 Å². The third-order valence-corrected chi connectivity index (χ3v) is 5.17. The van der Waals surface area contributed by atoms with Gasteiger partial charge in [0.25, 0.3) is 5.91 Å². The van der Waals surface area contributed by atoms with E-state index < -0.39 is 0 Å². The van der Waals surface area contributed by atoms with Crippen molar-refractivity contribution in [2.75, 3.05) is 31.1 Å². The van der Waals surface area contributed by atoms with Gasteiger partial charge in [-0.05, 0) is 37.6 Å². The molecule has 3 aromatic rings. The van der Waals surface area contributed by atoms with E-state index in [4.69, 9.17) is 0 Å². The number of hydrogen-bond donors (Lipinski definition) is 0. The van der Waals surface area contributed by atoms with E-state index >= 15 is 0 Å². The maximum atomic E-state index is 13.0. The summed E-state index contributed by atoms with van der Waals surface area (Å²) in [5, 5.41) is 4.50. The summed E-state index contributed by atoms with van der Waals surface area (Å²) in [7, 11) is 1.89. The minimum absolute atomic E-state index is 0.0270. The number of aryl methyl sites for hydroxylation is 3. The van der Waals surface area contributed by atoms with Gasteiger partial charge in [-0.25, -0.2) is 9.97 Å². The molecule has 2 aromatic heterocycles. The maximum Gasteiger partial charge on any atom is 0.274 e. The Morgan fingerprint density at radius 2 is 1.71 bits per heavy atom. The molecule has 1 aliphatic rings. The molecule has 3 heterocycles. The Hall–Kier alpha value is -3.22. The van der Waals surface area contributed by atoms with Crippen LogP contribution in [0.25, 0.3) is 11.3 Å². The largest absolute Gasteiger partial charge is 0.337 e. The number of benzene rings is 1. The van der Waals surface area contributed by atoms with Crippen molar-refractivity contribution in [1.82, 2.24) is 24.6 Å². The van der Waals surface area contributed by atoms with Crippen molar-refractivity contribution in [3.63, 3.8) is 0 Å². The van der Waals surface area contributed by atoms with Crippen molar-refractivity contribution in [1.29, 1.82) is 0 Å². The summed E-state index contributed by atoms with van der Waals surface area (Å²) in [5.74, 6) is 0.686. The minimum atomic E-state index is -0.0270. The topological polar surface area (TPSA) is 67.2 Å². The van der Waals surface area contributed by atoms with Gasteiger partial charge in [-0.15, -0.1) is 0 Å². The van der Waals surface area contributed by atoms with Crippen LogP contribution in [0.1, 0.15) is 21.6 Å². The Labute approximate surface area is 164 Å². The monoisotopic (exact) mass is 376 g/mol. The molecular formula is C21H24N6O. The summed E-state index contributed by atoms with van der Waals surface area (Å²) >= 11 is 0. The summed E-state index contributed by atoms with van der Waals surface area (Å²) < 4.78 is 1.79. The fourth-order valence-corrected chi connectivity index (χ4v) is 3.56. The Morgan fingerprint density at radius 3 is 2.43 bits per heavy atom. The van der Waals surface area contributed by atoms with Crippen LogP contribution in [0.15, 0.2) is 42.7 Å². The second-order valence-electron chi connectivity index (χ2n) is 7.18. The van der Waals surface area contributed by atoms with E-state index in [0.29, 0.717) is 37.8 Å². The van der Waals surface area contributed by atoms with Crippen LogP contribution in [0.4, 0.5) is 5.95 Å². The number of anilines is 1. The van der Waals surface area contributed by atoms with Gasteiger partial charge in [0.1, 0.15) is 0 Å². The lowest BCUT2D eigenvalue weighted by Crippen LogP contribution is -2.49. The first-order chi connectivity index (χ1) is 13.5. The Kier molecular flexibility index (Phi) is 4.81. The normalized spacial score (nSPS) is 14.4. The van der Waals surface area contributed by atoms with E-state index in [2.05, 4.69) is 52.0 Å². The first-order valence-electron chi connectivity index (χ1n) is 9.46. The van der Waals surface area contributed by atoms with Crippen LogP contribution in [-0.4, -0.2) is 56.7 Å². The second-order valence-corrected chi connectivity index (χ2v) is 7.18. The highest BCUT2D eigenvalue weighted by molar-refractivity contribution is 5.93. The zero-order chi connectivity index (χ0) is 19.7. The van der Waals surface area contributed by atoms with Crippen molar-refractivity contribution >= 4 is 11.9 Å². The molecule has 1 amide bonds. The molecule has 1 aliphatic heterocycles. The van der Waals surface area contributed by atoms with Gasteiger partial charge in [-0.3, -0.25) is 9.48 Å². The fraction of sp³-hybridized carbons (Fsp3) is 0.333. The van der Waals surface area contributed by atoms with Crippen LogP contribution in [0.2, 0.25) is 0 Å². The van der Waals surface area contributed by atoms with Gasteiger partial charge in [0.15, 0.2) is 5.69 Å². The van der Waals surface area contributed by atoms with Crippen molar-refractivity contribution in [2.45, 2.75) is 13.8 Å². The predicted octanol–water partition coefficient (Wildman–Crippen LogP) is 2.46. The van der Waals surface area contributed by atoms with Gasteiger partial charge < -0.3 is 9.80 Å². The smallest absolute Gasteiger partial charge is 0.274 e. The van der Waals surface area contributed by atoms with E-state index in [0.717, 1.165) is 11.3 Å². The molecular weight excluding hydrogens is 352 g/mol. The zero-order valence-corrected chi connectivity index (χ0v) is 16.5. The van der Waals surface area contributed by atoms with E-state index in [1.165, 1.54) is 11.1 Å². The van der Waals surface area contributed by atoms with Gasteiger partial charge in [-0.2, -0.15) is 5.10 Å². The predicted molar refractivity (Wildman–Crippen MR) is 108 cm³/mol. The number of rotatable bonds is 3. The van der Waals surface area contributed by atoms with E-state index in [9.17, 15) is 4.79 Å². The number of amides is 1. The van der Waals surface area contributed by atoms with Crippen molar-refractivity contribution < 1.29 is 4.79 Å². The number of piperazine rings is 1. The van der Waals surface area contributed by atoms with E-state index in [1.807, 2.05) is 18.0 Å².